The molecule has 3 rings (SSSR count). The lowest BCUT2D eigenvalue weighted by atomic mass is 9.85. The molecule has 0 bridgehead atoms. The Labute approximate surface area is 139 Å². The smallest absolute Gasteiger partial charge is 0.0467 e. The summed E-state index contributed by atoms with van der Waals surface area (Å²) in [6, 6.07) is 15.6. The van der Waals surface area contributed by atoms with Crippen LogP contribution in [-0.2, 0) is 5.41 Å². The predicted molar refractivity (Wildman–Crippen MR) is 102 cm³/mol. The second kappa shape index (κ2) is 5.73. The molecule has 0 saturated heterocycles. The van der Waals surface area contributed by atoms with Gasteiger partial charge in [-0.2, -0.15) is 0 Å². The second-order valence-corrected chi connectivity index (χ2v) is 7.31. The van der Waals surface area contributed by atoms with E-state index in [0.29, 0.717) is 0 Å². The maximum Gasteiger partial charge on any atom is 0.0467 e. The molecule has 0 spiro atoms. The molecule has 0 aliphatic carbocycles. The first kappa shape index (κ1) is 15.6. The summed E-state index contributed by atoms with van der Waals surface area (Å²) < 4.78 is 0. The fourth-order valence-corrected chi connectivity index (χ4v) is 2.97. The highest BCUT2D eigenvalue weighted by Gasteiger charge is 2.16. The Kier molecular flexibility index (Phi) is 3.89. The molecule has 0 radical (unpaired) electrons. The van der Waals surface area contributed by atoms with Crippen LogP contribution in [0.25, 0.3) is 28.2 Å². The number of aromatic nitrogens is 1. The zero-order chi connectivity index (χ0) is 16.6. The van der Waals surface area contributed by atoms with Crippen molar-refractivity contribution in [2.45, 2.75) is 40.0 Å². The highest BCUT2D eigenvalue weighted by atomic mass is 14.7. The van der Waals surface area contributed by atoms with Crippen LogP contribution in [0.1, 0.15) is 44.4 Å². The third-order valence-electron chi connectivity index (χ3n) is 4.40. The molecule has 0 unspecified atom stereocenters. The van der Waals surface area contributed by atoms with E-state index in [4.69, 9.17) is 0 Å². The van der Waals surface area contributed by atoms with E-state index in [1.165, 1.54) is 38.9 Å². The van der Waals surface area contributed by atoms with Gasteiger partial charge in [0.15, 0.2) is 0 Å². The van der Waals surface area contributed by atoms with E-state index >= 15 is 0 Å². The molecule has 118 valence electrons. The number of H-pyrrole nitrogens is 1. The van der Waals surface area contributed by atoms with Gasteiger partial charge < -0.3 is 4.98 Å². The Morgan fingerprint density at radius 2 is 1.74 bits per heavy atom. The number of allylic oxidation sites excluding steroid dienone is 1. The highest BCUT2D eigenvalue weighted by Crippen LogP contribution is 2.32. The summed E-state index contributed by atoms with van der Waals surface area (Å²) in [5, 5.41) is 1.26. The largest absolute Gasteiger partial charge is 0.355 e. The summed E-state index contributed by atoms with van der Waals surface area (Å²) in [6.07, 6.45) is 4.21. The Morgan fingerprint density at radius 3 is 2.43 bits per heavy atom. The first-order valence-corrected chi connectivity index (χ1v) is 8.25. The van der Waals surface area contributed by atoms with Gasteiger partial charge in [-0.15, -0.1) is 0 Å². The van der Waals surface area contributed by atoms with Gasteiger partial charge in [0, 0.05) is 22.2 Å². The maximum absolute atomic E-state index is 3.58. The third-order valence-corrected chi connectivity index (χ3v) is 4.40. The summed E-state index contributed by atoms with van der Waals surface area (Å²) >= 11 is 0. The Balaban J connectivity index is 2.13. The molecule has 0 atom stereocenters. The van der Waals surface area contributed by atoms with E-state index in [2.05, 4.69) is 87.3 Å². The molecule has 1 heterocycles. The average molecular weight is 303 g/mol. The van der Waals surface area contributed by atoms with Gasteiger partial charge in [0.2, 0.25) is 0 Å². The monoisotopic (exact) mass is 303 g/mol. The van der Waals surface area contributed by atoms with E-state index in [0.717, 1.165) is 0 Å². The summed E-state index contributed by atoms with van der Waals surface area (Å²) in [5.41, 5.74) is 7.75. The zero-order valence-electron chi connectivity index (χ0n) is 14.7. The third kappa shape index (κ3) is 3.10. The summed E-state index contributed by atoms with van der Waals surface area (Å²) in [6.45, 7) is 11.0. The van der Waals surface area contributed by atoms with Crippen LogP contribution in [0.4, 0.5) is 0 Å². The Morgan fingerprint density at radius 1 is 0.957 bits per heavy atom. The van der Waals surface area contributed by atoms with Crippen LogP contribution in [0.3, 0.4) is 0 Å². The van der Waals surface area contributed by atoms with Crippen LogP contribution in [0, 0.1) is 6.92 Å². The van der Waals surface area contributed by atoms with Crippen LogP contribution in [-0.4, -0.2) is 4.98 Å². The van der Waals surface area contributed by atoms with Gasteiger partial charge in [-0.1, -0.05) is 51.1 Å². The minimum Gasteiger partial charge on any atom is -0.355 e. The number of hydrogen-bond acceptors (Lipinski definition) is 0. The standard InChI is InChI=1S/C22H25N/c1-6-7-16-9-11-20-17(12-16)13-21(23-20)19-14-18(22(3,4)5)10-8-15(19)2/h6-14,23H,1-5H3/b7-6+. The molecule has 2 aromatic carbocycles. The van der Waals surface area contributed by atoms with Crippen LogP contribution in [0.15, 0.2) is 48.5 Å². The van der Waals surface area contributed by atoms with Crippen molar-refractivity contribution in [3.63, 3.8) is 0 Å². The van der Waals surface area contributed by atoms with E-state index in [1.807, 2.05) is 6.92 Å². The van der Waals surface area contributed by atoms with Gasteiger partial charge in [-0.05, 0) is 60.2 Å². The lowest BCUT2D eigenvalue weighted by Gasteiger charge is -2.20. The quantitative estimate of drug-likeness (QED) is 0.558. The lowest BCUT2D eigenvalue weighted by molar-refractivity contribution is 0.590. The van der Waals surface area contributed by atoms with Crippen LogP contribution in [0.2, 0.25) is 0 Å². The predicted octanol–water partition coefficient (Wildman–Crippen LogP) is 6.47. The summed E-state index contributed by atoms with van der Waals surface area (Å²) in [7, 11) is 0. The number of benzene rings is 2. The molecular weight excluding hydrogens is 278 g/mol. The van der Waals surface area contributed by atoms with Crippen molar-refractivity contribution in [3.05, 3.63) is 65.2 Å². The molecule has 1 aromatic heterocycles. The first-order chi connectivity index (χ1) is 10.9. The number of aryl methyl sites for hydroxylation is 1. The SMILES string of the molecule is C/C=C/c1ccc2[nH]c(-c3cc(C(C)(C)C)ccc3C)cc2c1. The molecule has 1 nitrogen and oxygen atoms in total. The molecule has 0 aliphatic rings. The number of fused-ring (bicyclic) bond motifs is 1. The van der Waals surface area contributed by atoms with E-state index < -0.39 is 0 Å². The van der Waals surface area contributed by atoms with Crippen molar-refractivity contribution in [1.82, 2.24) is 4.98 Å². The van der Waals surface area contributed by atoms with Crippen molar-refractivity contribution in [2.75, 3.05) is 0 Å². The van der Waals surface area contributed by atoms with E-state index in [9.17, 15) is 0 Å². The van der Waals surface area contributed by atoms with Crippen molar-refractivity contribution in [2.24, 2.45) is 0 Å². The minimum absolute atomic E-state index is 0.160. The van der Waals surface area contributed by atoms with Crippen molar-refractivity contribution < 1.29 is 0 Å². The molecule has 1 heteroatoms. The van der Waals surface area contributed by atoms with Gasteiger partial charge in [0.1, 0.15) is 0 Å². The van der Waals surface area contributed by atoms with Gasteiger partial charge in [0.05, 0.1) is 0 Å². The Bertz CT molecular complexity index is 873. The average Bonchev–Trinajstić information content (AvgIpc) is 2.89. The fourth-order valence-electron chi connectivity index (χ4n) is 2.97. The normalized spacial score (nSPS) is 12.4. The maximum atomic E-state index is 3.58. The van der Waals surface area contributed by atoms with Gasteiger partial charge in [-0.3, -0.25) is 0 Å². The molecule has 0 aliphatic heterocycles. The Hall–Kier alpha value is -2.28. The molecule has 1 N–H and O–H groups in total. The van der Waals surface area contributed by atoms with Crippen LogP contribution >= 0.6 is 0 Å². The van der Waals surface area contributed by atoms with Crippen LogP contribution < -0.4 is 0 Å². The summed E-state index contributed by atoms with van der Waals surface area (Å²) in [4.78, 5) is 3.58. The molecule has 0 amide bonds. The van der Waals surface area contributed by atoms with Gasteiger partial charge >= 0.3 is 0 Å². The zero-order valence-corrected chi connectivity index (χ0v) is 14.7. The summed E-state index contributed by atoms with van der Waals surface area (Å²) in [5.74, 6) is 0. The van der Waals surface area contributed by atoms with Crippen molar-refractivity contribution >= 4 is 17.0 Å². The number of hydrogen-bond donors (Lipinski definition) is 1. The van der Waals surface area contributed by atoms with Crippen molar-refractivity contribution in [1.29, 1.82) is 0 Å². The van der Waals surface area contributed by atoms with E-state index in [-0.39, 0.29) is 5.41 Å². The highest BCUT2D eigenvalue weighted by molar-refractivity contribution is 5.88. The van der Waals surface area contributed by atoms with Gasteiger partial charge in [0.25, 0.3) is 0 Å². The molecular formula is C22H25N. The van der Waals surface area contributed by atoms with Crippen molar-refractivity contribution in [3.8, 4) is 11.3 Å². The fraction of sp³-hybridized carbons (Fsp3) is 0.273. The minimum atomic E-state index is 0.160. The number of nitrogens with one attached hydrogen (secondary N) is 1. The first-order valence-electron chi connectivity index (χ1n) is 8.25. The van der Waals surface area contributed by atoms with Gasteiger partial charge in [-0.25, -0.2) is 0 Å². The van der Waals surface area contributed by atoms with Crippen LogP contribution in [0.5, 0.6) is 0 Å². The molecule has 0 saturated carbocycles. The topological polar surface area (TPSA) is 15.8 Å². The number of rotatable bonds is 2. The molecule has 23 heavy (non-hydrogen) atoms. The second-order valence-electron chi connectivity index (χ2n) is 7.31. The molecule has 0 fully saturated rings. The van der Waals surface area contributed by atoms with E-state index in [1.54, 1.807) is 0 Å². The lowest BCUT2D eigenvalue weighted by Crippen LogP contribution is -2.11. The molecule has 3 aromatic rings. The number of aromatic amines is 1.